The summed E-state index contributed by atoms with van der Waals surface area (Å²) in [5.74, 6) is -4.15. The van der Waals surface area contributed by atoms with Gasteiger partial charge >= 0.3 is 0 Å². The maximum Gasteiger partial charge on any atom is 0.206 e. The zero-order chi connectivity index (χ0) is 40.5. The first-order chi connectivity index (χ1) is 27.6. The summed E-state index contributed by atoms with van der Waals surface area (Å²) in [5, 5.41) is 67.4. The molecule has 0 amide bonds. The Balaban J connectivity index is 1.41. The Morgan fingerprint density at radius 2 is 1.05 bits per heavy atom. The van der Waals surface area contributed by atoms with Crippen LogP contribution >= 0.6 is 0 Å². The van der Waals surface area contributed by atoms with Gasteiger partial charge in [-0.25, -0.2) is 0 Å². The topological polar surface area (TPSA) is 130 Å². The minimum Gasteiger partial charge on any atom is -0.504 e. The van der Waals surface area contributed by atoms with Gasteiger partial charge in [0.1, 0.15) is 11.0 Å². The number of hydrogen-bond acceptors (Lipinski definition) is 7. The Bertz CT molecular complexity index is 2770. The van der Waals surface area contributed by atoms with Crippen molar-refractivity contribution in [2.45, 2.75) is 20.8 Å². The van der Waals surface area contributed by atoms with Gasteiger partial charge in [-0.3, -0.25) is 0 Å². The molecular weight excluding hydrogens is 713 g/mol. The second-order valence-corrected chi connectivity index (χ2v) is 13.5. The van der Waals surface area contributed by atoms with Gasteiger partial charge in [0.05, 0.1) is 5.39 Å². The first-order valence-corrected chi connectivity index (χ1v) is 18.4. The Labute approximate surface area is 330 Å². The van der Waals surface area contributed by atoms with Crippen LogP contribution in [0.1, 0.15) is 30.5 Å². The predicted octanol–water partition coefficient (Wildman–Crippen LogP) is 12.2. The molecule has 0 aliphatic rings. The Kier molecular flexibility index (Phi) is 10.1. The lowest BCUT2D eigenvalue weighted by atomic mass is 9.94. The number of aromatic hydroxyl groups is 6. The molecule has 7 aromatic rings. The van der Waals surface area contributed by atoms with Crippen molar-refractivity contribution in [3.8, 4) is 51.3 Å². The zero-order valence-electron chi connectivity index (χ0n) is 31.8. The molecule has 0 saturated heterocycles. The van der Waals surface area contributed by atoms with Crippen LogP contribution < -0.4 is 4.90 Å². The van der Waals surface area contributed by atoms with E-state index in [1.54, 1.807) is 43.3 Å². The highest BCUT2D eigenvalue weighted by Gasteiger charge is 2.31. The minimum atomic E-state index is -0.916. The quantitative estimate of drug-likeness (QED) is 0.0466. The predicted molar refractivity (Wildman–Crippen MR) is 232 cm³/mol. The second kappa shape index (κ2) is 15.3. The van der Waals surface area contributed by atoms with E-state index < -0.39 is 34.5 Å². The summed E-state index contributed by atoms with van der Waals surface area (Å²) in [5.41, 5.74) is 8.54. The fourth-order valence-electron chi connectivity index (χ4n) is 7.56. The van der Waals surface area contributed by atoms with E-state index in [4.69, 9.17) is 0 Å². The van der Waals surface area contributed by atoms with Gasteiger partial charge in [0.2, 0.25) is 11.5 Å². The molecule has 0 aliphatic carbocycles. The summed E-state index contributed by atoms with van der Waals surface area (Å²) in [4.78, 5) is 2.12. The smallest absolute Gasteiger partial charge is 0.206 e. The second-order valence-electron chi connectivity index (χ2n) is 13.5. The van der Waals surface area contributed by atoms with Crippen molar-refractivity contribution in [3.63, 3.8) is 0 Å². The third-order valence-electron chi connectivity index (χ3n) is 10.3. The Hall–Kier alpha value is -7.58. The molecule has 0 atom stereocenters. The molecule has 6 aromatic carbocycles. The SMILES string of the molecule is C=C/C=C\C(=C/C)c1ccc(N(c2ccc(/C(C=C)=C/C)cc2)c2ccc(-c3c(O)c(O)c4c(c3C)c3c(O)c(O)c(O)c(O)c3n4-c3ccccc3)cc2)cc1. The van der Waals surface area contributed by atoms with Crippen molar-refractivity contribution in [2.24, 2.45) is 0 Å². The number of fused-ring (bicyclic) bond motifs is 3. The van der Waals surface area contributed by atoms with E-state index in [9.17, 15) is 30.6 Å². The average molecular weight is 755 g/mol. The molecule has 8 heteroatoms. The van der Waals surface area contributed by atoms with Crippen LogP contribution in [-0.2, 0) is 0 Å². The van der Waals surface area contributed by atoms with Crippen LogP contribution in [0.5, 0.6) is 34.5 Å². The first kappa shape index (κ1) is 37.7. The Morgan fingerprint density at radius 3 is 1.58 bits per heavy atom. The standard InChI is InChI=1S/C49H42N2O6/c1-6-10-14-31(9-4)33-19-25-37(26-20-33)50(36-23-17-32(18-24-36)30(7-2)8-3)38-27-21-34(22-28-38)39-29(5)40-41-43(47(55)49(57)48(56)45(41)53)51(35-15-12-11-13-16-35)42(40)46(54)44(39)52/h6-28,52-57H,1-2H2,3-5H3/b14-10-,30-8+,31-9+. The van der Waals surface area contributed by atoms with E-state index in [1.807, 2.05) is 80.6 Å². The van der Waals surface area contributed by atoms with Gasteiger partial charge in [-0.1, -0.05) is 104 Å². The maximum atomic E-state index is 11.8. The number of hydrogen-bond donors (Lipinski definition) is 6. The fraction of sp³-hybridized carbons (Fsp3) is 0.0612. The largest absolute Gasteiger partial charge is 0.504 e. The summed E-state index contributed by atoms with van der Waals surface area (Å²) in [7, 11) is 0. The highest BCUT2D eigenvalue weighted by atomic mass is 16.3. The van der Waals surface area contributed by atoms with Crippen LogP contribution in [0.15, 0.2) is 153 Å². The molecule has 0 saturated carbocycles. The van der Waals surface area contributed by atoms with Crippen molar-refractivity contribution in [1.82, 2.24) is 4.57 Å². The third-order valence-corrected chi connectivity index (χ3v) is 10.3. The number of phenols is 6. The van der Waals surface area contributed by atoms with Crippen molar-refractivity contribution >= 4 is 50.0 Å². The summed E-state index contributed by atoms with van der Waals surface area (Å²) in [6, 6.07) is 32.7. The minimum absolute atomic E-state index is 0.0102. The molecule has 0 radical (unpaired) electrons. The van der Waals surface area contributed by atoms with E-state index in [-0.39, 0.29) is 27.4 Å². The molecule has 8 nitrogen and oxygen atoms in total. The molecule has 6 N–H and O–H groups in total. The van der Waals surface area contributed by atoms with Gasteiger partial charge in [-0.2, -0.15) is 0 Å². The molecule has 1 aromatic heterocycles. The summed E-state index contributed by atoms with van der Waals surface area (Å²) < 4.78 is 1.44. The van der Waals surface area contributed by atoms with Gasteiger partial charge in [-0.15, -0.1) is 0 Å². The average Bonchev–Trinajstić information content (AvgIpc) is 3.61. The van der Waals surface area contributed by atoms with Crippen LogP contribution in [0.3, 0.4) is 0 Å². The van der Waals surface area contributed by atoms with Crippen LogP contribution in [-0.4, -0.2) is 35.2 Å². The molecule has 0 unspecified atom stereocenters. The van der Waals surface area contributed by atoms with Gasteiger partial charge in [0.15, 0.2) is 23.0 Å². The number of anilines is 3. The van der Waals surface area contributed by atoms with E-state index in [2.05, 4.69) is 54.5 Å². The Morgan fingerprint density at radius 1 is 0.561 bits per heavy atom. The normalized spacial score (nSPS) is 12.1. The van der Waals surface area contributed by atoms with E-state index >= 15 is 0 Å². The number of allylic oxidation sites excluding steroid dienone is 8. The van der Waals surface area contributed by atoms with Gasteiger partial charge < -0.3 is 40.1 Å². The molecule has 0 fully saturated rings. The summed E-state index contributed by atoms with van der Waals surface area (Å²) in [6.45, 7) is 13.4. The number of benzene rings is 6. The summed E-state index contributed by atoms with van der Waals surface area (Å²) >= 11 is 0. The molecule has 0 spiro atoms. The fourth-order valence-corrected chi connectivity index (χ4v) is 7.56. The van der Waals surface area contributed by atoms with Gasteiger partial charge in [-0.05, 0) is 103 Å². The molecule has 7 rings (SSSR count). The van der Waals surface area contributed by atoms with Crippen molar-refractivity contribution in [3.05, 3.63) is 169 Å². The maximum absolute atomic E-state index is 11.8. The van der Waals surface area contributed by atoms with Crippen LogP contribution in [0.2, 0.25) is 0 Å². The lowest BCUT2D eigenvalue weighted by Gasteiger charge is -2.26. The zero-order valence-corrected chi connectivity index (χ0v) is 31.8. The van der Waals surface area contributed by atoms with Crippen LogP contribution in [0, 0.1) is 6.92 Å². The number of aromatic nitrogens is 1. The van der Waals surface area contributed by atoms with Gasteiger partial charge in [0.25, 0.3) is 0 Å². The molecule has 284 valence electrons. The molecule has 0 bridgehead atoms. The molecule has 0 aliphatic heterocycles. The molecule has 1 heterocycles. The lowest BCUT2D eigenvalue weighted by Crippen LogP contribution is -2.10. The van der Waals surface area contributed by atoms with Crippen molar-refractivity contribution in [1.29, 1.82) is 0 Å². The highest BCUT2D eigenvalue weighted by Crippen LogP contribution is 2.57. The van der Waals surface area contributed by atoms with E-state index in [1.165, 1.54) is 4.57 Å². The number of phenolic OH excluding ortho intramolecular Hbond substituents is 6. The van der Waals surface area contributed by atoms with Crippen LogP contribution in [0.4, 0.5) is 17.1 Å². The third kappa shape index (κ3) is 6.33. The first-order valence-electron chi connectivity index (χ1n) is 18.4. The van der Waals surface area contributed by atoms with Crippen LogP contribution in [0.25, 0.3) is 49.8 Å². The molecule has 57 heavy (non-hydrogen) atoms. The molecular formula is C49H42N2O6. The van der Waals surface area contributed by atoms with E-state index in [0.29, 0.717) is 16.8 Å². The van der Waals surface area contributed by atoms with Crippen molar-refractivity contribution < 1.29 is 30.6 Å². The number of rotatable bonds is 10. The number of nitrogens with zero attached hydrogens (tertiary/aromatic N) is 2. The number of aryl methyl sites for hydroxylation is 1. The van der Waals surface area contributed by atoms with E-state index in [0.717, 1.165) is 39.3 Å². The van der Waals surface area contributed by atoms with Gasteiger partial charge in [0, 0.05) is 33.7 Å². The lowest BCUT2D eigenvalue weighted by molar-refractivity contribution is 0.350. The monoisotopic (exact) mass is 754 g/mol. The summed E-state index contributed by atoms with van der Waals surface area (Å²) in [6.07, 6.45) is 11.5. The highest BCUT2D eigenvalue weighted by molar-refractivity contribution is 6.20. The number of para-hydroxylation sites is 1. The van der Waals surface area contributed by atoms with Crippen molar-refractivity contribution in [2.75, 3.05) is 4.90 Å².